The van der Waals surface area contributed by atoms with E-state index in [1.165, 1.54) is 4.68 Å². The van der Waals surface area contributed by atoms with Gasteiger partial charge in [-0.25, -0.2) is 4.98 Å². The zero-order valence-electron chi connectivity index (χ0n) is 20.0. The van der Waals surface area contributed by atoms with Crippen LogP contribution in [0.15, 0.2) is 69.0 Å². The molecule has 0 fully saturated rings. The number of ether oxygens (including phenoxy) is 4. The van der Waals surface area contributed by atoms with Crippen molar-refractivity contribution in [2.45, 2.75) is 26.4 Å². The van der Waals surface area contributed by atoms with Gasteiger partial charge in [-0.05, 0) is 48.0 Å². The van der Waals surface area contributed by atoms with E-state index in [1.54, 1.807) is 19.4 Å². The molecule has 4 aromatic rings. The molecule has 9 heteroatoms. The average molecular weight is 550 g/mol. The van der Waals surface area contributed by atoms with Crippen molar-refractivity contribution in [3.63, 3.8) is 0 Å². The van der Waals surface area contributed by atoms with Gasteiger partial charge in [-0.1, -0.05) is 41.9 Å². The third kappa shape index (κ3) is 4.66. The first-order chi connectivity index (χ1) is 17.4. The maximum atomic E-state index is 13.3. The van der Waals surface area contributed by atoms with Crippen LogP contribution in [0.2, 0.25) is 0 Å². The van der Waals surface area contributed by atoms with Gasteiger partial charge in [0, 0.05) is 16.0 Å². The largest absolute Gasteiger partial charge is 0.493 e. The number of halogens is 1. The number of hydrogen-bond donors (Lipinski definition) is 0. The Kier molecular flexibility index (Phi) is 6.65. The van der Waals surface area contributed by atoms with Gasteiger partial charge in [-0.2, -0.15) is 9.78 Å². The first-order valence-electron chi connectivity index (χ1n) is 11.4. The zero-order chi connectivity index (χ0) is 25.2. The Balaban J connectivity index is 1.51. The molecule has 0 unspecified atom stereocenters. The van der Waals surface area contributed by atoms with Crippen LogP contribution >= 0.6 is 15.9 Å². The summed E-state index contributed by atoms with van der Waals surface area (Å²) in [5.41, 5.74) is 1.96. The van der Waals surface area contributed by atoms with Gasteiger partial charge in [0.25, 0.3) is 5.56 Å². The summed E-state index contributed by atoms with van der Waals surface area (Å²) in [6.07, 6.45) is 1.59. The Bertz CT molecular complexity index is 1530. The van der Waals surface area contributed by atoms with Crippen molar-refractivity contribution >= 4 is 33.0 Å². The topological polar surface area (TPSA) is 84.2 Å². The van der Waals surface area contributed by atoms with Crippen LogP contribution < -0.4 is 24.5 Å². The fourth-order valence-electron chi connectivity index (χ4n) is 3.91. The van der Waals surface area contributed by atoms with E-state index in [-0.39, 0.29) is 24.9 Å². The highest BCUT2D eigenvalue weighted by molar-refractivity contribution is 9.10. The molecule has 1 aromatic heterocycles. The molecule has 1 aliphatic rings. The van der Waals surface area contributed by atoms with Crippen LogP contribution in [-0.2, 0) is 6.61 Å². The second kappa shape index (κ2) is 10.0. The molecule has 0 saturated heterocycles. The molecule has 5 rings (SSSR count). The quantitative estimate of drug-likeness (QED) is 0.284. The lowest BCUT2D eigenvalue weighted by molar-refractivity contribution is 0.174. The lowest BCUT2D eigenvalue weighted by Crippen LogP contribution is -2.23. The van der Waals surface area contributed by atoms with Gasteiger partial charge in [0.05, 0.1) is 24.2 Å². The maximum Gasteiger partial charge on any atom is 0.282 e. The second-order valence-corrected chi connectivity index (χ2v) is 9.42. The number of benzene rings is 3. The van der Waals surface area contributed by atoms with Gasteiger partial charge in [0.2, 0.25) is 6.79 Å². The fraction of sp³-hybridized carbons (Fsp3) is 0.222. The molecule has 0 spiro atoms. The molecule has 36 heavy (non-hydrogen) atoms. The summed E-state index contributed by atoms with van der Waals surface area (Å²) in [5.74, 6) is 3.01. The molecular weight excluding hydrogens is 526 g/mol. The summed E-state index contributed by atoms with van der Waals surface area (Å²) in [4.78, 5) is 18.0. The number of rotatable bonds is 7. The molecular formula is C27H24BrN3O5. The predicted molar refractivity (Wildman–Crippen MR) is 141 cm³/mol. The smallest absolute Gasteiger partial charge is 0.282 e. The van der Waals surface area contributed by atoms with Crippen LogP contribution in [0, 0.1) is 0 Å². The van der Waals surface area contributed by atoms with E-state index in [0.29, 0.717) is 45.3 Å². The molecule has 3 aromatic carbocycles. The standard InChI is InChI=1S/C27H24BrN3O5/c1-16(2)26-30-21-9-8-19(28)12-20(21)27(32)31(26)29-13-18-5-4-6-23(33-3)25(18)34-14-17-7-10-22-24(11-17)36-15-35-22/h4-13,16H,14-15H2,1-3H3. The third-order valence-corrected chi connectivity index (χ3v) is 6.20. The second-order valence-electron chi connectivity index (χ2n) is 8.50. The summed E-state index contributed by atoms with van der Waals surface area (Å²) >= 11 is 3.43. The molecule has 184 valence electrons. The molecule has 2 heterocycles. The predicted octanol–water partition coefficient (Wildman–Crippen LogP) is 5.48. The Morgan fingerprint density at radius 3 is 2.78 bits per heavy atom. The Morgan fingerprint density at radius 1 is 1.14 bits per heavy atom. The van der Waals surface area contributed by atoms with Gasteiger partial charge in [-0.3, -0.25) is 4.79 Å². The number of nitrogens with zero attached hydrogens (tertiary/aromatic N) is 3. The lowest BCUT2D eigenvalue weighted by Gasteiger charge is -2.14. The highest BCUT2D eigenvalue weighted by atomic mass is 79.9. The summed E-state index contributed by atoms with van der Waals surface area (Å²) in [6.45, 7) is 4.44. The minimum absolute atomic E-state index is 0.0186. The van der Waals surface area contributed by atoms with E-state index < -0.39 is 0 Å². The molecule has 0 radical (unpaired) electrons. The summed E-state index contributed by atoms with van der Waals surface area (Å²) in [6, 6.07) is 16.6. The molecule has 0 atom stereocenters. The molecule has 0 N–H and O–H groups in total. The number of fused-ring (bicyclic) bond motifs is 2. The van der Waals surface area contributed by atoms with Crippen molar-refractivity contribution in [3.05, 3.63) is 86.4 Å². The summed E-state index contributed by atoms with van der Waals surface area (Å²) in [5, 5.41) is 5.03. The normalized spacial score (nSPS) is 12.6. The van der Waals surface area contributed by atoms with Gasteiger partial charge in [0.15, 0.2) is 23.0 Å². The summed E-state index contributed by atoms with van der Waals surface area (Å²) < 4.78 is 24.7. The van der Waals surface area contributed by atoms with E-state index >= 15 is 0 Å². The van der Waals surface area contributed by atoms with Crippen LogP contribution in [-0.4, -0.2) is 29.8 Å². The van der Waals surface area contributed by atoms with Crippen LogP contribution in [0.25, 0.3) is 10.9 Å². The maximum absolute atomic E-state index is 13.3. The van der Waals surface area contributed by atoms with Gasteiger partial charge < -0.3 is 18.9 Å². The van der Waals surface area contributed by atoms with Crippen LogP contribution in [0.3, 0.4) is 0 Å². The van der Waals surface area contributed by atoms with E-state index in [4.69, 9.17) is 23.9 Å². The summed E-state index contributed by atoms with van der Waals surface area (Å²) in [7, 11) is 1.58. The van der Waals surface area contributed by atoms with Crippen molar-refractivity contribution in [2.24, 2.45) is 5.10 Å². The Labute approximate surface area is 216 Å². The van der Waals surface area contributed by atoms with Crippen LogP contribution in [0.4, 0.5) is 0 Å². The molecule has 0 aliphatic carbocycles. The minimum Gasteiger partial charge on any atom is -0.493 e. The van der Waals surface area contributed by atoms with Crippen LogP contribution in [0.1, 0.15) is 36.7 Å². The minimum atomic E-state index is -0.244. The number of methoxy groups -OCH3 is 1. The van der Waals surface area contributed by atoms with Crippen molar-refractivity contribution in [3.8, 4) is 23.0 Å². The molecule has 0 amide bonds. The number of hydrogen-bond acceptors (Lipinski definition) is 7. The highest BCUT2D eigenvalue weighted by Crippen LogP contribution is 2.34. The van der Waals surface area contributed by atoms with E-state index in [0.717, 1.165) is 10.0 Å². The van der Waals surface area contributed by atoms with E-state index in [2.05, 4.69) is 21.0 Å². The van der Waals surface area contributed by atoms with E-state index in [9.17, 15) is 4.79 Å². The average Bonchev–Trinajstić information content (AvgIpc) is 3.35. The van der Waals surface area contributed by atoms with E-state index in [1.807, 2.05) is 62.4 Å². The molecule has 0 bridgehead atoms. The third-order valence-electron chi connectivity index (χ3n) is 5.71. The SMILES string of the molecule is COc1cccc(C=Nn2c(C(C)C)nc3ccc(Br)cc3c2=O)c1OCc1ccc2c(c1)OCO2. The molecule has 8 nitrogen and oxygen atoms in total. The first kappa shape index (κ1) is 23.9. The van der Waals surface area contributed by atoms with Crippen LogP contribution in [0.5, 0.6) is 23.0 Å². The van der Waals surface area contributed by atoms with Gasteiger partial charge in [0.1, 0.15) is 12.4 Å². The van der Waals surface area contributed by atoms with Gasteiger partial charge in [-0.15, -0.1) is 0 Å². The van der Waals surface area contributed by atoms with Crippen molar-refractivity contribution in [1.82, 2.24) is 9.66 Å². The Hall–Kier alpha value is -3.85. The number of aromatic nitrogens is 2. The van der Waals surface area contributed by atoms with Gasteiger partial charge >= 0.3 is 0 Å². The Morgan fingerprint density at radius 2 is 1.97 bits per heavy atom. The fourth-order valence-corrected chi connectivity index (χ4v) is 4.27. The first-order valence-corrected chi connectivity index (χ1v) is 12.2. The molecule has 1 aliphatic heterocycles. The number of para-hydroxylation sites is 1. The highest BCUT2D eigenvalue weighted by Gasteiger charge is 2.16. The lowest BCUT2D eigenvalue weighted by atomic mass is 10.2. The monoisotopic (exact) mass is 549 g/mol. The van der Waals surface area contributed by atoms with Crippen molar-refractivity contribution in [1.29, 1.82) is 0 Å². The van der Waals surface area contributed by atoms with Crippen molar-refractivity contribution < 1.29 is 18.9 Å². The molecule has 0 saturated carbocycles. The van der Waals surface area contributed by atoms with Crippen molar-refractivity contribution in [2.75, 3.05) is 13.9 Å². The zero-order valence-corrected chi connectivity index (χ0v) is 21.6.